The third-order valence-corrected chi connectivity index (χ3v) is 7.53. The molecule has 1 aromatic carbocycles. The molecule has 1 amide bonds. The van der Waals surface area contributed by atoms with Crippen LogP contribution in [0.5, 0.6) is 0 Å². The molecular weight excluding hydrogens is 392 g/mol. The zero-order valence-corrected chi connectivity index (χ0v) is 15.8. The van der Waals surface area contributed by atoms with Crippen LogP contribution in [0.4, 0.5) is 10.8 Å². The van der Waals surface area contributed by atoms with Crippen LogP contribution in [0.2, 0.25) is 0 Å². The topological polar surface area (TPSA) is 101 Å². The Kier molecular flexibility index (Phi) is 4.47. The highest BCUT2D eigenvalue weighted by atomic mass is 32.2. The first-order valence-corrected chi connectivity index (χ1v) is 11.0. The van der Waals surface area contributed by atoms with E-state index in [9.17, 15) is 13.2 Å². The lowest BCUT2D eigenvalue weighted by molar-refractivity contribution is 0.102. The second-order valence-corrected chi connectivity index (χ2v) is 9.65. The third kappa shape index (κ3) is 3.76. The van der Waals surface area contributed by atoms with Gasteiger partial charge in [-0.05, 0) is 48.6 Å². The van der Waals surface area contributed by atoms with Gasteiger partial charge in [-0.1, -0.05) is 17.4 Å². The highest BCUT2D eigenvalue weighted by Gasteiger charge is 2.27. The summed E-state index contributed by atoms with van der Waals surface area (Å²) >= 11 is 2.53. The molecule has 2 heterocycles. The monoisotopic (exact) mass is 406 g/mol. The average molecular weight is 407 g/mol. The van der Waals surface area contributed by atoms with Crippen molar-refractivity contribution in [2.75, 3.05) is 10.0 Å². The largest absolute Gasteiger partial charge is 0.296 e. The summed E-state index contributed by atoms with van der Waals surface area (Å²) < 4.78 is 27.1. The van der Waals surface area contributed by atoms with Gasteiger partial charge in [0, 0.05) is 17.2 Å². The van der Waals surface area contributed by atoms with Gasteiger partial charge in [-0.15, -0.1) is 21.5 Å². The number of thiophene rings is 1. The fourth-order valence-electron chi connectivity index (χ4n) is 2.26. The van der Waals surface area contributed by atoms with Crippen molar-refractivity contribution in [3.63, 3.8) is 0 Å². The Bertz CT molecular complexity index is 1020. The molecule has 0 aliphatic heterocycles. The van der Waals surface area contributed by atoms with Gasteiger partial charge in [0.2, 0.25) is 5.13 Å². The molecule has 0 saturated heterocycles. The number of nitrogens with one attached hydrogen (secondary N) is 2. The Balaban J connectivity index is 1.42. The van der Waals surface area contributed by atoms with Crippen LogP contribution >= 0.6 is 22.7 Å². The maximum Gasteiger partial charge on any atom is 0.271 e. The molecule has 2 N–H and O–H groups in total. The summed E-state index contributed by atoms with van der Waals surface area (Å²) in [5.74, 6) is 0.185. The number of aromatic nitrogens is 2. The number of amides is 1. The second kappa shape index (κ2) is 6.78. The molecule has 0 unspecified atom stereocenters. The van der Waals surface area contributed by atoms with E-state index in [-0.39, 0.29) is 10.1 Å². The first-order valence-electron chi connectivity index (χ1n) is 7.82. The maximum atomic E-state index is 12.3. The molecule has 26 heavy (non-hydrogen) atoms. The summed E-state index contributed by atoms with van der Waals surface area (Å²) in [5, 5.41) is 13.9. The minimum absolute atomic E-state index is 0.238. The van der Waals surface area contributed by atoms with E-state index in [0.717, 1.165) is 29.2 Å². The van der Waals surface area contributed by atoms with Gasteiger partial charge in [0.05, 0.1) is 0 Å². The molecule has 10 heteroatoms. The number of hydrogen-bond acceptors (Lipinski definition) is 7. The smallest absolute Gasteiger partial charge is 0.271 e. The predicted octanol–water partition coefficient (Wildman–Crippen LogP) is 3.53. The Morgan fingerprint density at radius 2 is 1.88 bits per heavy atom. The Morgan fingerprint density at radius 1 is 1.12 bits per heavy atom. The van der Waals surface area contributed by atoms with Crippen LogP contribution < -0.4 is 10.0 Å². The molecule has 4 rings (SSSR count). The third-order valence-electron chi connectivity index (χ3n) is 3.75. The molecule has 134 valence electrons. The van der Waals surface area contributed by atoms with Gasteiger partial charge in [-0.3, -0.25) is 14.8 Å². The van der Waals surface area contributed by atoms with Crippen LogP contribution in [0.15, 0.2) is 46.0 Å². The standard InChI is InChI=1S/C16H14N4O3S3/c21-14(17-16-19-18-15(25-16)11-3-4-11)10-5-7-12(8-6-10)20-26(22,23)13-2-1-9-24-13/h1-2,5-9,11,20H,3-4H2,(H,17,19,21). The fourth-order valence-corrected chi connectivity index (χ4v) is 5.22. The van der Waals surface area contributed by atoms with Gasteiger partial charge >= 0.3 is 0 Å². The van der Waals surface area contributed by atoms with Gasteiger partial charge in [0.25, 0.3) is 15.9 Å². The first-order chi connectivity index (χ1) is 12.5. The van der Waals surface area contributed by atoms with Gasteiger partial charge in [-0.2, -0.15) is 0 Å². The predicted molar refractivity (Wildman–Crippen MR) is 101 cm³/mol. The molecule has 2 aromatic heterocycles. The lowest BCUT2D eigenvalue weighted by Gasteiger charge is -2.07. The molecule has 1 aliphatic rings. The van der Waals surface area contributed by atoms with E-state index in [1.54, 1.807) is 35.7 Å². The zero-order chi connectivity index (χ0) is 18.1. The molecule has 0 radical (unpaired) electrons. The highest BCUT2D eigenvalue weighted by molar-refractivity contribution is 7.94. The van der Waals surface area contributed by atoms with Crippen molar-refractivity contribution in [3.05, 3.63) is 52.3 Å². The van der Waals surface area contributed by atoms with E-state index < -0.39 is 10.0 Å². The van der Waals surface area contributed by atoms with Crippen molar-refractivity contribution in [2.24, 2.45) is 0 Å². The minimum atomic E-state index is -3.60. The highest BCUT2D eigenvalue weighted by Crippen LogP contribution is 2.42. The van der Waals surface area contributed by atoms with E-state index >= 15 is 0 Å². The second-order valence-electron chi connectivity index (χ2n) is 5.79. The number of carbonyl (C=O) groups excluding carboxylic acids is 1. The number of nitrogens with zero attached hydrogens (tertiary/aromatic N) is 2. The van der Waals surface area contributed by atoms with Crippen molar-refractivity contribution in [3.8, 4) is 0 Å². The van der Waals surface area contributed by atoms with Gasteiger partial charge in [0.15, 0.2) is 0 Å². The summed E-state index contributed by atoms with van der Waals surface area (Å²) in [6.45, 7) is 0. The normalized spacial score (nSPS) is 14.2. The Labute approximate surface area is 158 Å². The van der Waals surface area contributed by atoms with Crippen LogP contribution in [0.25, 0.3) is 0 Å². The molecule has 1 fully saturated rings. The molecule has 1 saturated carbocycles. The SMILES string of the molecule is O=C(Nc1nnc(C2CC2)s1)c1ccc(NS(=O)(=O)c2cccs2)cc1. The summed E-state index contributed by atoms with van der Waals surface area (Å²) in [4.78, 5) is 12.3. The number of rotatable bonds is 6. The van der Waals surface area contributed by atoms with Crippen LogP contribution in [-0.2, 0) is 10.0 Å². The van der Waals surface area contributed by atoms with Crippen molar-refractivity contribution < 1.29 is 13.2 Å². The quantitative estimate of drug-likeness (QED) is 0.652. The van der Waals surface area contributed by atoms with Crippen molar-refractivity contribution in [1.82, 2.24) is 10.2 Å². The summed E-state index contributed by atoms with van der Waals surface area (Å²) in [6, 6.07) is 9.43. The number of benzene rings is 1. The number of carbonyl (C=O) groups is 1. The summed E-state index contributed by atoms with van der Waals surface area (Å²) in [7, 11) is -3.60. The van der Waals surface area contributed by atoms with Crippen LogP contribution in [0.1, 0.15) is 34.1 Å². The number of hydrogen-bond donors (Lipinski definition) is 2. The van der Waals surface area contributed by atoms with Crippen molar-refractivity contribution in [1.29, 1.82) is 0 Å². The number of anilines is 2. The molecule has 0 atom stereocenters. The molecular formula is C16H14N4O3S3. The van der Waals surface area contributed by atoms with E-state index in [4.69, 9.17) is 0 Å². The molecule has 0 spiro atoms. The van der Waals surface area contributed by atoms with E-state index in [0.29, 0.717) is 22.3 Å². The van der Waals surface area contributed by atoms with Crippen LogP contribution in [0.3, 0.4) is 0 Å². The maximum absolute atomic E-state index is 12.3. The fraction of sp³-hybridized carbons (Fsp3) is 0.188. The zero-order valence-electron chi connectivity index (χ0n) is 13.4. The lowest BCUT2D eigenvalue weighted by atomic mass is 10.2. The lowest BCUT2D eigenvalue weighted by Crippen LogP contribution is -2.13. The summed E-state index contributed by atoms with van der Waals surface area (Å²) in [5.41, 5.74) is 0.800. The molecule has 7 nitrogen and oxygen atoms in total. The van der Waals surface area contributed by atoms with Gasteiger partial charge in [0.1, 0.15) is 9.22 Å². The van der Waals surface area contributed by atoms with Crippen LogP contribution in [-0.4, -0.2) is 24.5 Å². The average Bonchev–Trinajstić information content (AvgIpc) is 3.10. The molecule has 3 aromatic rings. The summed E-state index contributed by atoms with van der Waals surface area (Å²) in [6.07, 6.45) is 2.26. The van der Waals surface area contributed by atoms with E-state index in [1.165, 1.54) is 17.4 Å². The Hall–Kier alpha value is -2.30. The number of sulfonamides is 1. The molecule has 0 bridgehead atoms. The Morgan fingerprint density at radius 3 is 2.54 bits per heavy atom. The van der Waals surface area contributed by atoms with Gasteiger partial charge in [-0.25, -0.2) is 8.42 Å². The van der Waals surface area contributed by atoms with E-state index in [2.05, 4.69) is 20.2 Å². The van der Waals surface area contributed by atoms with Crippen molar-refractivity contribution in [2.45, 2.75) is 23.0 Å². The first kappa shape index (κ1) is 17.1. The van der Waals surface area contributed by atoms with Gasteiger partial charge < -0.3 is 0 Å². The van der Waals surface area contributed by atoms with Crippen LogP contribution in [0, 0.1) is 0 Å². The minimum Gasteiger partial charge on any atom is -0.296 e. The van der Waals surface area contributed by atoms with Crippen molar-refractivity contribution >= 4 is 49.4 Å². The molecule has 1 aliphatic carbocycles. The van der Waals surface area contributed by atoms with E-state index in [1.807, 2.05) is 0 Å².